The first-order valence-electron chi connectivity index (χ1n) is 5.70. The van der Waals surface area contributed by atoms with Gasteiger partial charge < -0.3 is 15.2 Å². The number of hydrogen-bond acceptors (Lipinski definition) is 4. The highest BCUT2D eigenvalue weighted by Gasteiger charge is 2.22. The van der Waals surface area contributed by atoms with Gasteiger partial charge in [-0.05, 0) is 13.0 Å². The van der Waals surface area contributed by atoms with Gasteiger partial charge in [-0.1, -0.05) is 18.2 Å². The number of anilines is 1. The van der Waals surface area contributed by atoms with Gasteiger partial charge >= 0.3 is 0 Å². The number of rotatable bonds is 1. The van der Waals surface area contributed by atoms with Crippen LogP contribution in [0.15, 0.2) is 24.3 Å². The molecule has 0 radical (unpaired) electrons. The third kappa shape index (κ3) is 1.61. The normalized spacial score (nSPS) is 18.4. The van der Waals surface area contributed by atoms with Crippen molar-refractivity contribution in [3.05, 3.63) is 30.0 Å². The summed E-state index contributed by atoms with van der Waals surface area (Å²) in [6.07, 6.45) is -0.191. The van der Waals surface area contributed by atoms with Gasteiger partial charge in [-0.15, -0.1) is 0 Å². The standard InChI is InChI=1S/C13H14N2O2/c1-8-13-12(14-6-9(7-16)17-13)10-4-2-3-5-11(10)15-8/h2-5,9,14,16H,6-7H2,1H3. The van der Waals surface area contributed by atoms with Crippen LogP contribution in [0.3, 0.4) is 0 Å². The zero-order chi connectivity index (χ0) is 11.8. The molecule has 2 aromatic rings. The molecule has 2 N–H and O–H groups in total. The number of ether oxygens (including phenoxy) is 1. The Balaban J connectivity index is 2.21. The van der Waals surface area contributed by atoms with Crippen LogP contribution in [0.2, 0.25) is 0 Å². The maximum absolute atomic E-state index is 9.14. The van der Waals surface area contributed by atoms with Gasteiger partial charge in [0, 0.05) is 5.39 Å². The monoisotopic (exact) mass is 230 g/mol. The molecule has 0 spiro atoms. The zero-order valence-electron chi connectivity index (χ0n) is 9.60. The average molecular weight is 230 g/mol. The molecule has 2 heterocycles. The molecule has 0 aliphatic carbocycles. The first-order chi connectivity index (χ1) is 8.29. The highest BCUT2D eigenvalue weighted by molar-refractivity contribution is 5.95. The lowest BCUT2D eigenvalue weighted by Gasteiger charge is -2.28. The van der Waals surface area contributed by atoms with Crippen LogP contribution in [-0.4, -0.2) is 29.3 Å². The Morgan fingerprint density at radius 2 is 2.29 bits per heavy atom. The molecule has 88 valence electrons. The molecule has 1 aliphatic heterocycles. The van der Waals surface area contributed by atoms with Crippen molar-refractivity contribution in [2.45, 2.75) is 13.0 Å². The SMILES string of the molecule is Cc1nc2ccccc2c2c1OC(CO)CN2. The van der Waals surface area contributed by atoms with E-state index in [1.54, 1.807) is 0 Å². The predicted molar refractivity (Wildman–Crippen MR) is 66.5 cm³/mol. The first kappa shape index (κ1) is 10.4. The molecule has 1 aliphatic rings. The van der Waals surface area contributed by atoms with E-state index < -0.39 is 0 Å². The van der Waals surface area contributed by atoms with Crippen molar-refractivity contribution >= 4 is 16.6 Å². The smallest absolute Gasteiger partial charge is 0.164 e. The van der Waals surface area contributed by atoms with E-state index in [1.165, 1.54) is 0 Å². The van der Waals surface area contributed by atoms with Gasteiger partial charge in [0.2, 0.25) is 0 Å². The second-order valence-electron chi connectivity index (χ2n) is 4.22. The molecule has 1 atom stereocenters. The summed E-state index contributed by atoms with van der Waals surface area (Å²) in [7, 11) is 0. The van der Waals surface area contributed by atoms with Crippen LogP contribution in [0.1, 0.15) is 5.69 Å². The van der Waals surface area contributed by atoms with E-state index in [-0.39, 0.29) is 12.7 Å². The number of aliphatic hydroxyl groups excluding tert-OH is 1. The number of aryl methyl sites for hydroxylation is 1. The van der Waals surface area contributed by atoms with Crippen molar-refractivity contribution in [2.24, 2.45) is 0 Å². The maximum atomic E-state index is 9.14. The average Bonchev–Trinajstić information content (AvgIpc) is 2.38. The number of benzene rings is 1. The number of nitrogens with one attached hydrogen (secondary N) is 1. The van der Waals surface area contributed by atoms with E-state index in [0.717, 1.165) is 28.0 Å². The van der Waals surface area contributed by atoms with E-state index in [2.05, 4.69) is 10.3 Å². The molecule has 1 aromatic heterocycles. The second-order valence-corrected chi connectivity index (χ2v) is 4.22. The Kier molecular flexibility index (Phi) is 2.37. The van der Waals surface area contributed by atoms with E-state index >= 15 is 0 Å². The van der Waals surface area contributed by atoms with Crippen LogP contribution in [0.25, 0.3) is 10.9 Å². The Morgan fingerprint density at radius 1 is 1.47 bits per heavy atom. The Morgan fingerprint density at radius 3 is 3.12 bits per heavy atom. The Labute approximate surface area is 99.2 Å². The number of pyridine rings is 1. The van der Waals surface area contributed by atoms with Gasteiger partial charge in [-0.2, -0.15) is 0 Å². The van der Waals surface area contributed by atoms with Crippen LogP contribution in [0.5, 0.6) is 5.75 Å². The lowest BCUT2D eigenvalue weighted by molar-refractivity contribution is 0.119. The number of aromatic nitrogens is 1. The topological polar surface area (TPSA) is 54.4 Å². The molecule has 0 bridgehead atoms. The highest BCUT2D eigenvalue weighted by Crippen LogP contribution is 2.37. The highest BCUT2D eigenvalue weighted by atomic mass is 16.5. The van der Waals surface area contributed by atoms with Crippen LogP contribution in [-0.2, 0) is 0 Å². The number of hydrogen-bond donors (Lipinski definition) is 2. The fraction of sp³-hybridized carbons (Fsp3) is 0.308. The summed E-state index contributed by atoms with van der Waals surface area (Å²) < 4.78 is 5.74. The van der Waals surface area contributed by atoms with Crippen molar-refractivity contribution in [3.8, 4) is 5.75 Å². The quantitative estimate of drug-likeness (QED) is 0.783. The maximum Gasteiger partial charge on any atom is 0.164 e. The minimum Gasteiger partial charge on any atom is -0.482 e. The summed E-state index contributed by atoms with van der Waals surface area (Å²) in [4.78, 5) is 4.51. The van der Waals surface area contributed by atoms with Gasteiger partial charge in [-0.3, -0.25) is 0 Å². The van der Waals surface area contributed by atoms with E-state index in [9.17, 15) is 0 Å². The van der Waals surface area contributed by atoms with Crippen LogP contribution >= 0.6 is 0 Å². The minimum absolute atomic E-state index is 0.0126. The van der Waals surface area contributed by atoms with Crippen LogP contribution in [0, 0.1) is 6.92 Å². The number of aliphatic hydroxyl groups is 1. The number of fused-ring (bicyclic) bond motifs is 3. The molecule has 0 fully saturated rings. The summed E-state index contributed by atoms with van der Waals surface area (Å²) in [5, 5.41) is 13.5. The molecule has 4 heteroatoms. The van der Waals surface area contributed by atoms with Gasteiger partial charge in [-0.25, -0.2) is 4.98 Å². The van der Waals surface area contributed by atoms with Crippen molar-refractivity contribution < 1.29 is 9.84 Å². The fourth-order valence-electron chi connectivity index (χ4n) is 2.16. The number of nitrogens with zero attached hydrogens (tertiary/aromatic N) is 1. The molecule has 1 unspecified atom stereocenters. The molecular formula is C13H14N2O2. The third-order valence-electron chi connectivity index (χ3n) is 3.01. The van der Waals surface area contributed by atoms with Crippen LogP contribution in [0.4, 0.5) is 5.69 Å². The van der Waals surface area contributed by atoms with Gasteiger partial charge in [0.05, 0.1) is 30.0 Å². The van der Waals surface area contributed by atoms with Gasteiger partial charge in [0.15, 0.2) is 5.75 Å². The summed E-state index contributed by atoms with van der Waals surface area (Å²) in [5.74, 6) is 0.758. The fourth-order valence-corrected chi connectivity index (χ4v) is 2.16. The largest absolute Gasteiger partial charge is 0.482 e. The molecule has 17 heavy (non-hydrogen) atoms. The molecule has 0 saturated heterocycles. The lowest BCUT2D eigenvalue weighted by atomic mass is 10.1. The van der Waals surface area contributed by atoms with Gasteiger partial charge in [0.1, 0.15) is 6.10 Å². The van der Waals surface area contributed by atoms with Gasteiger partial charge in [0.25, 0.3) is 0 Å². The summed E-state index contributed by atoms with van der Waals surface area (Å²) in [6, 6.07) is 7.97. The van der Waals surface area contributed by atoms with Crippen molar-refractivity contribution in [1.82, 2.24) is 4.98 Å². The molecule has 4 nitrogen and oxygen atoms in total. The van der Waals surface area contributed by atoms with Crippen molar-refractivity contribution in [1.29, 1.82) is 0 Å². The molecule has 3 rings (SSSR count). The Bertz CT molecular complexity index is 569. The zero-order valence-corrected chi connectivity index (χ0v) is 9.60. The summed E-state index contributed by atoms with van der Waals surface area (Å²) in [5.41, 5.74) is 2.80. The third-order valence-corrected chi connectivity index (χ3v) is 3.01. The molecule has 0 saturated carbocycles. The van der Waals surface area contributed by atoms with Crippen LogP contribution < -0.4 is 10.1 Å². The lowest BCUT2D eigenvalue weighted by Crippen LogP contribution is -2.34. The summed E-state index contributed by atoms with van der Waals surface area (Å²) >= 11 is 0. The number of para-hydroxylation sites is 1. The first-order valence-corrected chi connectivity index (χ1v) is 5.70. The van der Waals surface area contributed by atoms with E-state index in [4.69, 9.17) is 9.84 Å². The minimum atomic E-state index is -0.191. The van der Waals surface area contributed by atoms with Crippen molar-refractivity contribution in [2.75, 3.05) is 18.5 Å². The molecular weight excluding hydrogens is 216 g/mol. The molecule has 1 aromatic carbocycles. The van der Waals surface area contributed by atoms with E-state index in [1.807, 2.05) is 31.2 Å². The van der Waals surface area contributed by atoms with Crippen molar-refractivity contribution in [3.63, 3.8) is 0 Å². The predicted octanol–water partition coefficient (Wildman–Crippen LogP) is 1.71. The Hall–Kier alpha value is -1.81. The van der Waals surface area contributed by atoms with E-state index in [0.29, 0.717) is 6.54 Å². The summed E-state index contributed by atoms with van der Waals surface area (Å²) in [6.45, 7) is 2.56. The molecule has 0 amide bonds. The second kappa shape index (κ2) is 3.89.